The van der Waals surface area contributed by atoms with Crippen LogP contribution in [0.4, 0.5) is 10.3 Å². The Morgan fingerprint density at radius 3 is 2.89 bits per heavy atom. The van der Waals surface area contributed by atoms with Gasteiger partial charge in [0, 0.05) is 19.1 Å². The molecule has 104 valence electrons. The molecule has 5 heteroatoms. The first-order valence-corrected chi connectivity index (χ1v) is 6.64. The van der Waals surface area contributed by atoms with Gasteiger partial charge >= 0.3 is 0 Å². The number of rotatable bonds is 5. The third-order valence-corrected chi connectivity index (χ3v) is 3.76. The van der Waals surface area contributed by atoms with Crippen LogP contribution in [0.1, 0.15) is 20.3 Å². The summed E-state index contributed by atoms with van der Waals surface area (Å²) in [5.74, 6) is 0.182. The molecule has 1 unspecified atom stereocenters. The molecular weight excluding hydrogens is 243 g/mol. The van der Waals surface area contributed by atoms with E-state index in [-0.39, 0.29) is 5.82 Å². The summed E-state index contributed by atoms with van der Waals surface area (Å²) in [6, 6.07) is 5.08. The molecule has 2 N–H and O–H groups in total. The number of imidazole rings is 1. The highest BCUT2D eigenvalue weighted by atomic mass is 19.1. The average molecular weight is 264 g/mol. The van der Waals surface area contributed by atoms with Crippen molar-refractivity contribution in [1.29, 1.82) is 0 Å². The van der Waals surface area contributed by atoms with Gasteiger partial charge in [0.25, 0.3) is 0 Å². The number of fused-ring (bicyclic) bond motifs is 1. The van der Waals surface area contributed by atoms with Gasteiger partial charge in [0.15, 0.2) is 0 Å². The number of nitrogen functional groups attached to an aromatic ring is 1. The zero-order valence-corrected chi connectivity index (χ0v) is 11.7. The maximum atomic E-state index is 13.3. The van der Waals surface area contributed by atoms with Gasteiger partial charge in [0.05, 0.1) is 11.0 Å². The maximum Gasteiger partial charge on any atom is 0.201 e. The third kappa shape index (κ3) is 2.87. The molecule has 0 bridgehead atoms. The minimum Gasteiger partial charge on any atom is -0.369 e. The van der Waals surface area contributed by atoms with Gasteiger partial charge in [-0.3, -0.25) is 0 Å². The Morgan fingerprint density at radius 1 is 1.47 bits per heavy atom. The molecule has 4 nitrogen and oxygen atoms in total. The Morgan fingerprint density at radius 2 is 2.21 bits per heavy atom. The van der Waals surface area contributed by atoms with E-state index in [9.17, 15) is 4.39 Å². The van der Waals surface area contributed by atoms with Gasteiger partial charge in [-0.15, -0.1) is 0 Å². The number of halogens is 1. The fourth-order valence-corrected chi connectivity index (χ4v) is 2.14. The summed E-state index contributed by atoms with van der Waals surface area (Å²) in [6.45, 7) is 5.93. The van der Waals surface area contributed by atoms with E-state index in [0.29, 0.717) is 18.5 Å². The summed E-state index contributed by atoms with van der Waals surface area (Å²) in [5.41, 5.74) is 7.41. The molecule has 0 radical (unpaired) electrons. The number of aromatic nitrogens is 2. The summed E-state index contributed by atoms with van der Waals surface area (Å²) >= 11 is 0. The standard InChI is InChI=1S/C14H21FN4/c1-4-10(2)18(3)7-8-19-13-9-11(15)5-6-12(13)17-14(19)16/h5-6,9-10H,4,7-8H2,1-3H3,(H2,16,17). The topological polar surface area (TPSA) is 47.1 Å². The molecule has 0 saturated heterocycles. The second kappa shape index (κ2) is 5.57. The summed E-state index contributed by atoms with van der Waals surface area (Å²) < 4.78 is 15.2. The highest BCUT2D eigenvalue weighted by molar-refractivity contribution is 5.78. The van der Waals surface area contributed by atoms with Crippen molar-refractivity contribution in [2.45, 2.75) is 32.9 Å². The minimum atomic E-state index is -0.260. The Bertz CT molecular complexity index is 564. The molecule has 0 saturated carbocycles. The van der Waals surface area contributed by atoms with Crippen LogP contribution in [0.3, 0.4) is 0 Å². The van der Waals surface area contributed by atoms with Gasteiger partial charge in [0.1, 0.15) is 5.82 Å². The van der Waals surface area contributed by atoms with Gasteiger partial charge in [-0.05, 0) is 38.6 Å². The molecule has 2 rings (SSSR count). The number of hydrogen-bond donors (Lipinski definition) is 1. The van der Waals surface area contributed by atoms with Gasteiger partial charge < -0.3 is 15.2 Å². The van der Waals surface area contributed by atoms with Crippen molar-refractivity contribution < 1.29 is 4.39 Å². The van der Waals surface area contributed by atoms with Gasteiger partial charge in [-0.2, -0.15) is 0 Å². The zero-order valence-electron chi connectivity index (χ0n) is 11.7. The molecule has 0 fully saturated rings. The van der Waals surface area contributed by atoms with Crippen molar-refractivity contribution in [2.24, 2.45) is 0 Å². The predicted molar refractivity (Wildman–Crippen MR) is 76.5 cm³/mol. The highest BCUT2D eigenvalue weighted by Crippen LogP contribution is 2.19. The van der Waals surface area contributed by atoms with Crippen LogP contribution >= 0.6 is 0 Å². The molecule has 0 amide bonds. The van der Waals surface area contributed by atoms with Crippen LogP contribution in [0.2, 0.25) is 0 Å². The van der Waals surface area contributed by atoms with E-state index in [1.54, 1.807) is 6.07 Å². The molecule has 1 aromatic carbocycles. The first-order valence-electron chi connectivity index (χ1n) is 6.64. The lowest BCUT2D eigenvalue weighted by Gasteiger charge is -2.23. The monoisotopic (exact) mass is 264 g/mol. The summed E-state index contributed by atoms with van der Waals surface area (Å²) in [6.07, 6.45) is 1.10. The number of hydrogen-bond acceptors (Lipinski definition) is 3. The number of anilines is 1. The van der Waals surface area contributed by atoms with Crippen LogP contribution in [0, 0.1) is 5.82 Å². The smallest absolute Gasteiger partial charge is 0.201 e. The fourth-order valence-electron chi connectivity index (χ4n) is 2.14. The van der Waals surface area contributed by atoms with Crippen molar-refractivity contribution in [3.05, 3.63) is 24.0 Å². The fraction of sp³-hybridized carbons (Fsp3) is 0.500. The van der Waals surface area contributed by atoms with E-state index in [4.69, 9.17) is 5.73 Å². The normalized spacial score (nSPS) is 13.3. The number of nitrogens with two attached hydrogens (primary N) is 1. The molecular formula is C14H21FN4. The summed E-state index contributed by atoms with van der Waals surface area (Å²) in [4.78, 5) is 6.52. The molecule has 2 aromatic rings. The molecule has 1 atom stereocenters. The largest absolute Gasteiger partial charge is 0.369 e. The number of likely N-dealkylation sites (N-methyl/N-ethyl adjacent to an activating group) is 1. The molecule has 0 aliphatic heterocycles. The van der Waals surface area contributed by atoms with Gasteiger partial charge in [-0.1, -0.05) is 6.92 Å². The Hall–Kier alpha value is -1.62. The second-order valence-electron chi connectivity index (χ2n) is 4.99. The van der Waals surface area contributed by atoms with Crippen molar-refractivity contribution in [1.82, 2.24) is 14.5 Å². The van der Waals surface area contributed by atoms with Gasteiger partial charge in [-0.25, -0.2) is 9.37 Å². The SMILES string of the molecule is CCC(C)N(C)CCn1c(N)nc2ccc(F)cc21. The Balaban J connectivity index is 2.20. The summed E-state index contributed by atoms with van der Waals surface area (Å²) in [5, 5.41) is 0. The van der Waals surface area contributed by atoms with Crippen molar-refractivity contribution in [3.63, 3.8) is 0 Å². The average Bonchev–Trinajstić information content (AvgIpc) is 2.70. The van der Waals surface area contributed by atoms with Crippen molar-refractivity contribution >= 4 is 17.0 Å². The van der Waals surface area contributed by atoms with E-state index in [0.717, 1.165) is 24.0 Å². The van der Waals surface area contributed by atoms with E-state index >= 15 is 0 Å². The van der Waals surface area contributed by atoms with Crippen molar-refractivity contribution in [2.75, 3.05) is 19.3 Å². The zero-order chi connectivity index (χ0) is 14.0. The van der Waals surface area contributed by atoms with Gasteiger partial charge in [0.2, 0.25) is 5.95 Å². The maximum absolute atomic E-state index is 13.3. The van der Waals surface area contributed by atoms with Crippen LogP contribution < -0.4 is 5.73 Å². The summed E-state index contributed by atoms with van der Waals surface area (Å²) in [7, 11) is 2.09. The predicted octanol–water partition coefficient (Wildman–Crippen LogP) is 2.49. The van der Waals surface area contributed by atoms with E-state index in [2.05, 4.69) is 30.8 Å². The van der Waals surface area contributed by atoms with Crippen LogP contribution in [0.5, 0.6) is 0 Å². The minimum absolute atomic E-state index is 0.260. The Kier molecular flexibility index (Phi) is 4.04. The van der Waals surface area contributed by atoms with Crippen LogP contribution in [-0.2, 0) is 6.54 Å². The first kappa shape index (κ1) is 13.8. The molecule has 1 heterocycles. The number of nitrogens with zero attached hydrogens (tertiary/aromatic N) is 3. The van der Waals surface area contributed by atoms with E-state index in [1.807, 2.05) is 4.57 Å². The molecule has 0 aliphatic rings. The van der Waals surface area contributed by atoms with Crippen LogP contribution in [-0.4, -0.2) is 34.1 Å². The second-order valence-corrected chi connectivity index (χ2v) is 4.99. The quantitative estimate of drug-likeness (QED) is 0.902. The van der Waals surface area contributed by atoms with Crippen LogP contribution in [0.25, 0.3) is 11.0 Å². The molecule has 19 heavy (non-hydrogen) atoms. The lowest BCUT2D eigenvalue weighted by atomic mass is 10.2. The van der Waals surface area contributed by atoms with Crippen molar-refractivity contribution in [3.8, 4) is 0 Å². The van der Waals surface area contributed by atoms with E-state index < -0.39 is 0 Å². The molecule has 1 aromatic heterocycles. The van der Waals surface area contributed by atoms with E-state index in [1.165, 1.54) is 12.1 Å². The third-order valence-electron chi connectivity index (χ3n) is 3.76. The Labute approximate surface area is 113 Å². The molecule has 0 spiro atoms. The lowest BCUT2D eigenvalue weighted by molar-refractivity contribution is 0.244. The molecule has 0 aliphatic carbocycles. The lowest BCUT2D eigenvalue weighted by Crippen LogP contribution is -2.31. The number of benzene rings is 1. The first-order chi connectivity index (χ1) is 9.02. The van der Waals surface area contributed by atoms with Crippen LogP contribution in [0.15, 0.2) is 18.2 Å². The highest BCUT2D eigenvalue weighted by Gasteiger charge is 2.11.